The molecule has 0 unspecified atom stereocenters. The second kappa shape index (κ2) is 6.08. The van der Waals surface area contributed by atoms with Crippen molar-refractivity contribution in [2.24, 2.45) is 5.92 Å². The molecular weight excluding hydrogens is 244 g/mol. The molecule has 102 valence electrons. The molecule has 0 aliphatic heterocycles. The van der Waals surface area contributed by atoms with Crippen LogP contribution in [0.25, 0.3) is 0 Å². The van der Waals surface area contributed by atoms with Crippen LogP contribution in [-0.2, 0) is 6.54 Å². The number of hydrogen-bond acceptors (Lipinski definition) is 6. The first kappa shape index (κ1) is 13.2. The van der Waals surface area contributed by atoms with Gasteiger partial charge in [-0.05, 0) is 18.1 Å². The number of nitrogens with one attached hydrogen (secondary N) is 1. The molecule has 2 aromatic heterocycles. The van der Waals surface area contributed by atoms with Gasteiger partial charge in [0.2, 0.25) is 5.88 Å². The number of furan rings is 1. The summed E-state index contributed by atoms with van der Waals surface area (Å²) in [6, 6.07) is 3.71. The van der Waals surface area contributed by atoms with Gasteiger partial charge in [0.25, 0.3) is 0 Å². The number of hydrogen-bond donors (Lipinski definition) is 2. The fourth-order valence-corrected chi connectivity index (χ4v) is 1.46. The second-order valence-electron chi connectivity index (χ2n) is 4.58. The van der Waals surface area contributed by atoms with Gasteiger partial charge in [-0.15, -0.1) is 0 Å². The lowest BCUT2D eigenvalue weighted by atomic mass is 10.2. The van der Waals surface area contributed by atoms with Crippen molar-refractivity contribution in [1.29, 1.82) is 0 Å². The molecule has 0 aliphatic rings. The van der Waals surface area contributed by atoms with Crippen LogP contribution in [0.4, 0.5) is 11.5 Å². The zero-order valence-electron chi connectivity index (χ0n) is 11.1. The van der Waals surface area contributed by atoms with E-state index in [4.69, 9.17) is 14.9 Å². The highest BCUT2D eigenvalue weighted by Gasteiger charge is 2.10. The number of aromatic nitrogens is 2. The minimum atomic E-state index is 0.408. The molecule has 0 saturated carbocycles. The molecule has 2 aromatic rings. The Hall–Kier alpha value is -2.24. The molecule has 3 N–H and O–H groups in total. The number of anilines is 2. The molecule has 0 aromatic carbocycles. The Labute approximate surface area is 112 Å². The van der Waals surface area contributed by atoms with E-state index in [1.54, 1.807) is 6.26 Å². The first-order valence-electron chi connectivity index (χ1n) is 6.16. The zero-order chi connectivity index (χ0) is 13.7. The Balaban J connectivity index is 2.02. The highest BCUT2D eigenvalue weighted by Crippen LogP contribution is 2.25. The van der Waals surface area contributed by atoms with Crippen LogP contribution in [0.3, 0.4) is 0 Å². The average Bonchev–Trinajstić information content (AvgIpc) is 2.89. The molecular formula is C13H18N4O2. The molecule has 0 atom stereocenters. The minimum absolute atomic E-state index is 0.408. The molecule has 6 heteroatoms. The average molecular weight is 262 g/mol. The number of ether oxygens (including phenoxy) is 1. The quantitative estimate of drug-likeness (QED) is 0.830. The van der Waals surface area contributed by atoms with E-state index in [0.717, 1.165) is 5.76 Å². The first-order chi connectivity index (χ1) is 9.16. The van der Waals surface area contributed by atoms with Crippen molar-refractivity contribution < 1.29 is 9.15 Å². The maximum absolute atomic E-state index is 5.97. The van der Waals surface area contributed by atoms with Gasteiger partial charge >= 0.3 is 0 Å². The summed E-state index contributed by atoms with van der Waals surface area (Å²) in [6.45, 7) is 5.21. The third kappa shape index (κ3) is 3.61. The monoisotopic (exact) mass is 262 g/mol. The van der Waals surface area contributed by atoms with Gasteiger partial charge in [-0.2, -0.15) is 4.98 Å². The molecule has 0 fully saturated rings. The van der Waals surface area contributed by atoms with Crippen LogP contribution in [0.1, 0.15) is 19.6 Å². The summed E-state index contributed by atoms with van der Waals surface area (Å²) in [6.07, 6.45) is 3.05. The Kier molecular flexibility index (Phi) is 4.22. The van der Waals surface area contributed by atoms with Crippen LogP contribution in [0.15, 0.2) is 29.1 Å². The third-order valence-electron chi connectivity index (χ3n) is 2.41. The summed E-state index contributed by atoms with van der Waals surface area (Å²) >= 11 is 0. The summed E-state index contributed by atoms with van der Waals surface area (Å²) in [7, 11) is 0. The Morgan fingerprint density at radius 1 is 1.42 bits per heavy atom. The fraction of sp³-hybridized carbons (Fsp3) is 0.385. The van der Waals surface area contributed by atoms with E-state index in [9.17, 15) is 0 Å². The Morgan fingerprint density at radius 2 is 2.26 bits per heavy atom. The molecule has 2 rings (SSSR count). The van der Waals surface area contributed by atoms with Crippen molar-refractivity contribution in [1.82, 2.24) is 9.97 Å². The van der Waals surface area contributed by atoms with Crippen molar-refractivity contribution in [2.75, 3.05) is 17.7 Å². The van der Waals surface area contributed by atoms with Crippen molar-refractivity contribution in [3.63, 3.8) is 0 Å². The molecule has 0 radical (unpaired) electrons. The molecule has 6 nitrogen and oxygen atoms in total. The van der Waals surface area contributed by atoms with Gasteiger partial charge in [0, 0.05) is 0 Å². The van der Waals surface area contributed by atoms with Gasteiger partial charge in [0.1, 0.15) is 17.8 Å². The lowest BCUT2D eigenvalue weighted by molar-refractivity contribution is 0.262. The fourth-order valence-electron chi connectivity index (χ4n) is 1.46. The lowest BCUT2D eigenvalue weighted by Crippen LogP contribution is -2.10. The van der Waals surface area contributed by atoms with Crippen LogP contribution < -0.4 is 15.8 Å². The molecule has 0 spiro atoms. The molecule has 19 heavy (non-hydrogen) atoms. The molecule has 2 heterocycles. The molecule has 0 bridgehead atoms. The van der Waals surface area contributed by atoms with E-state index in [2.05, 4.69) is 29.1 Å². The molecule has 0 saturated heterocycles. The van der Waals surface area contributed by atoms with Gasteiger partial charge < -0.3 is 20.2 Å². The first-order valence-corrected chi connectivity index (χ1v) is 6.16. The maximum atomic E-state index is 5.97. The van der Waals surface area contributed by atoms with Crippen molar-refractivity contribution in [3.8, 4) is 5.88 Å². The standard InChI is InChI=1S/C13H18N4O2/c1-9(2)7-19-13-11(14)12(16-8-17-13)15-6-10-4-3-5-18-10/h3-5,8-9H,6-7,14H2,1-2H3,(H,15,16,17). The molecule has 0 amide bonds. The lowest BCUT2D eigenvalue weighted by Gasteiger charge is -2.12. The summed E-state index contributed by atoms with van der Waals surface area (Å²) in [5, 5.41) is 3.09. The van der Waals surface area contributed by atoms with E-state index in [1.165, 1.54) is 6.33 Å². The SMILES string of the molecule is CC(C)COc1ncnc(NCc2ccco2)c1N. The summed E-state index contributed by atoms with van der Waals surface area (Å²) in [5.74, 6) is 2.17. The highest BCUT2D eigenvalue weighted by molar-refractivity contribution is 5.66. The summed E-state index contributed by atoms with van der Waals surface area (Å²) in [5.41, 5.74) is 6.38. The molecule has 0 aliphatic carbocycles. The van der Waals surface area contributed by atoms with Crippen molar-refractivity contribution in [2.45, 2.75) is 20.4 Å². The normalized spacial score (nSPS) is 10.7. The number of nitrogens with two attached hydrogens (primary N) is 1. The van der Waals surface area contributed by atoms with Gasteiger partial charge in [0.15, 0.2) is 5.82 Å². The maximum Gasteiger partial charge on any atom is 0.242 e. The van der Waals surface area contributed by atoms with Gasteiger partial charge in [-0.25, -0.2) is 4.98 Å². The van der Waals surface area contributed by atoms with E-state index >= 15 is 0 Å². The Morgan fingerprint density at radius 3 is 2.95 bits per heavy atom. The van der Waals surface area contributed by atoms with E-state index in [1.807, 2.05) is 12.1 Å². The second-order valence-corrected chi connectivity index (χ2v) is 4.58. The minimum Gasteiger partial charge on any atom is -0.476 e. The van der Waals surface area contributed by atoms with E-state index in [0.29, 0.717) is 36.5 Å². The largest absolute Gasteiger partial charge is 0.476 e. The van der Waals surface area contributed by atoms with Crippen molar-refractivity contribution in [3.05, 3.63) is 30.5 Å². The topological polar surface area (TPSA) is 86.2 Å². The van der Waals surface area contributed by atoms with Gasteiger partial charge in [-0.1, -0.05) is 13.8 Å². The predicted molar refractivity (Wildman–Crippen MR) is 72.8 cm³/mol. The highest BCUT2D eigenvalue weighted by atomic mass is 16.5. The van der Waals surface area contributed by atoms with Crippen LogP contribution in [0.2, 0.25) is 0 Å². The summed E-state index contributed by atoms with van der Waals surface area (Å²) in [4.78, 5) is 8.13. The number of nitrogens with zero attached hydrogens (tertiary/aromatic N) is 2. The van der Waals surface area contributed by atoms with Gasteiger partial charge in [-0.3, -0.25) is 0 Å². The van der Waals surface area contributed by atoms with E-state index < -0.39 is 0 Å². The van der Waals surface area contributed by atoms with Crippen molar-refractivity contribution >= 4 is 11.5 Å². The third-order valence-corrected chi connectivity index (χ3v) is 2.41. The zero-order valence-corrected chi connectivity index (χ0v) is 11.1. The smallest absolute Gasteiger partial charge is 0.242 e. The van der Waals surface area contributed by atoms with Crippen LogP contribution >= 0.6 is 0 Å². The predicted octanol–water partition coefficient (Wildman–Crippen LogP) is 2.30. The number of rotatable bonds is 6. The van der Waals surface area contributed by atoms with Crippen LogP contribution in [0, 0.1) is 5.92 Å². The van der Waals surface area contributed by atoms with E-state index in [-0.39, 0.29) is 0 Å². The Bertz CT molecular complexity index is 511. The van der Waals surface area contributed by atoms with Gasteiger partial charge in [0.05, 0.1) is 19.4 Å². The number of nitrogen functional groups attached to an aromatic ring is 1. The van der Waals surface area contributed by atoms with Crippen LogP contribution in [0.5, 0.6) is 5.88 Å². The summed E-state index contributed by atoms with van der Waals surface area (Å²) < 4.78 is 10.8. The van der Waals surface area contributed by atoms with Crippen LogP contribution in [-0.4, -0.2) is 16.6 Å².